The highest BCUT2D eigenvalue weighted by molar-refractivity contribution is 5.79. The summed E-state index contributed by atoms with van der Waals surface area (Å²) in [4.78, 5) is 12.4. The molecule has 1 amide bonds. The van der Waals surface area contributed by atoms with E-state index >= 15 is 0 Å². The van der Waals surface area contributed by atoms with Gasteiger partial charge in [-0.1, -0.05) is 18.9 Å². The van der Waals surface area contributed by atoms with Crippen LogP contribution in [0.3, 0.4) is 0 Å². The molecular weight excluding hydrogens is 268 g/mol. The van der Waals surface area contributed by atoms with Crippen molar-refractivity contribution in [3.63, 3.8) is 0 Å². The van der Waals surface area contributed by atoms with Gasteiger partial charge >= 0.3 is 0 Å². The van der Waals surface area contributed by atoms with Crippen LogP contribution < -0.4 is 20.5 Å². The molecule has 0 saturated heterocycles. The van der Waals surface area contributed by atoms with E-state index in [1.54, 1.807) is 0 Å². The molecule has 1 aromatic carbocycles. The van der Waals surface area contributed by atoms with Crippen LogP contribution in [0.4, 0.5) is 0 Å². The fraction of sp³-hybridized carbons (Fsp3) is 0.562. The Hall–Kier alpha value is -1.75. The molecule has 1 aromatic rings. The predicted octanol–water partition coefficient (Wildman–Crippen LogP) is 1.80. The van der Waals surface area contributed by atoms with Gasteiger partial charge in [-0.3, -0.25) is 4.79 Å². The maximum atomic E-state index is 12.4. The molecule has 5 nitrogen and oxygen atoms in total. The SMILES string of the molecule is NCC1CCCCC1C(=O)NCc1ccc2c(c1)OCO2. The summed E-state index contributed by atoms with van der Waals surface area (Å²) in [6.07, 6.45) is 4.33. The highest BCUT2D eigenvalue weighted by atomic mass is 16.7. The van der Waals surface area contributed by atoms with Gasteiger partial charge in [0.15, 0.2) is 11.5 Å². The molecule has 1 fully saturated rings. The Morgan fingerprint density at radius 1 is 1.24 bits per heavy atom. The summed E-state index contributed by atoms with van der Waals surface area (Å²) < 4.78 is 10.6. The molecule has 2 aliphatic rings. The molecule has 0 aromatic heterocycles. The largest absolute Gasteiger partial charge is 0.454 e. The number of hydrogen-bond acceptors (Lipinski definition) is 4. The molecule has 21 heavy (non-hydrogen) atoms. The molecular formula is C16H22N2O3. The third-order valence-electron chi connectivity index (χ3n) is 4.45. The summed E-state index contributed by atoms with van der Waals surface area (Å²) in [5, 5.41) is 3.03. The van der Waals surface area contributed by atoms with Crippen LogP contribution in [0.25, 0.3) is 0 Å². The van der Waals surface area contributed by atoms with Crippen molar-refractivity contribution < 1.29 is 14.3 Å². The van der Waals surface area contributed by atoms with Crippen molar-refractivity contribution in [3.05, 3.63) is 23.8 Å². The van der Waals surface area contributed by atoms with E-state index in [1.807, 2.05) is 18.2 Å². The third kappa shape index (κ3) is 3.13. The molecule has 3 N–H and O–H groups in total. The number of amides is 1. The van der Waals surface area contributed by atoms with Crippen molar-refractivity contribution in [2.24, 2.45) is 17.6 Å². The average Bonchev–Trinajstić information content (AvgIpc) is 3.00. The van der Waals surface area contributed by atoms with Gasteiger partial charge in [0.05, 0.1) is 0 Å². The number of nitrogens with two attached hydrogens (primary N) is 1. The van der Waals surface area contributed by atoms with Crippen LogP contribution in [-0.2, 0) is 11.3 Å². The summed E-state index contributed by atoms with van der Waals surface area (Å²) in [6, 6.07) is 5.76. The molecule has 1 aliphatic carbocycles. The fourth-order valence-corrected chi connectivity index (χ4v) is 3.21. The Kier molecular flexibility index (Phi) is 4.29. The second kappa shape index (κ2) is 6.35. The molecule has 1 heterocycles. The highest BCUT2D eigenvalue weighted by Gasteiger charge is 2.29. The number of rotatable bonds is 4. The van der Waals surface area contributed by atoms with Crippen LogP contribution in [0.1, 0.15) is 31.2 Å². The molecule has 0 spiro atoms. The Labute approximate surface area is 124 Å². The molecule has 1 saturated carbocycles. The zero-order valence-corrected chi connectivity index (χ0v) is 12.1. The number of hydrogen-bond donors (Lipinski definition) is 2. The Bertz CT molecular complexity index is 518. The summed E-state index contributed by atoms with van der Waals surface area (Å²) >= 11 is 0. The summed E-state index contributed by atoms with van der Waals surface area (Å²) in [5.74, 6) is 2.04. The normalized spacial score (nSPS) is 23.9. The smallest absolute Gasteiger partial charge is 0.231 e. The van der Waals surface area contributed by atoms with E-state index in [0.717, 1.165) is 36.3 Å². The minimum absolute atomic E-state index is 0.0674. The van der Waals surface area contributed by atoms with Crippen molar-refractivity contribution >= 4 is 5.91 Å². The third-order valence-corrected chi connectivity index (χ3v) is 4.45. The van der Waals surface area contributed by atoms with Gasteiger partial charge in [-0.2, -0.15) is 0 Å². The summed E-state index contributed by atoms with van der Waals surface area (Å²) in [7, 11) is 0. The van der Waals surface area contributed by atoms with Crippen molar-refractivity contribution in [3.8, 4) is 11.5 Å². The van der Waals surface area contributed by atoms with Gasteiger partial charge in [-0.15, -0.1) is 0 Å². The van der Waals surface area contributed by atoms with Crippen LogP contribution in [0.2, 0.25) is 0 Å². The Morgan fingerprint density at radius 3 is 2.90 bits per heavy atom. The molecule has 114 valence electrons. The molecule has 0 bridgehead atoms. The van der Waals surface area contributed by atoms with Gasteiger partial charge in [0.1, 0.15) is 0 Å². The van der Waals surface area contributed by atoms with Gasteiger partial charge in [0.25, 0.3) is 0 Å². The fourth-order valence-electron chi connectivity index (χ4n) is 3.21. The number of fused-ring (bicyclic) bond motifs is 1. The van der Waals surface area contributed by atoms with E-state index < -0.39 is 0 Å². The first-order chi connectivity index (χ1) is 10.3. The lowest BCUT2D eigenvalue weighted by atomic mass is 9.79. The first kappa shape index (κ1) is 14.2. The van der Waals surface area contributed by atoms with Crippen LogP contribution in [0, 0.1) is 11.8 Å². The molecule has 2 unspecified atom stereocenters. The summed E-state index contributed by atoms with van der Waals surface area (Å²) in [6.45, 7) is 1.39. The minimum Gasteiger partial charge on any atom is -0.454 e. The van der Waals surface area contributed by atoms with E-state index in [-0.39, 0.29) is 18.6 Å². The lowest BCUT2D eigenvalue weighted by molar-refractivity contribution is -0.127. The van der Waals surface area contributed by atoms with Crippen LogP contribution >= 0.6 is 0 Å². The molecule has 3 rings (SSSR count). The number of nitrogens with one attached hydrogen (secondary N) is 1. The monoisotopic (exact) mass is 290 g/mol. The van der Waals surface area contributed by atoms with Crippen molar-refractivity contribution in [1.82, 2.24) is 5.32 Å². The molecule has 1 aliphatic heterocycles. The van der Waals surface area contributed by atoms with Gasteiger partial charge < -0.3 is 20.5 Å². The number of carbonyl (C=O) groups is 1. The van der Waals surface area contributed by atoms with Gasteiger partial charge in [0.2, 0.25) is 12.7 Å². The average molecular weight is 290 g/mol. The first-order valence-electron chi connectivity index (χ1n) is 7.64. The number of benzene rings is 1. The van der Waals surface area contributed by atoms with E-state index in [4.69, 9.17) is 15.2 Å². The summed E-state index contributed by atoms with van der Waals surface area (Å²) in [5.41, 5.74) is 6.81. The van der Waals surface area contributed by atoms with Crippen molar-refractivity contribution in [1.29, 1.82) is 0 Å². The van der Waals surface area contributed by atoms with E-state index in [1.165, 1.54) is 6.42 Å². The Morgan fingerprint density at radius 2 is 2.05 bits per heavy atom. The molecule has 2 atom stereocenters. The highest BCUT2D eigenvalue weighted by Crippen LogP contribution is 2.33. The lowest BCUT2D eigenvalue weighted by Crippen LogP contribution is -2.39. The Balaban J connectivity index is 1.58. The van der Waals surface area contributed by atoms with E-state index in [0.29, 0.717) is 19.0 Å². The zero-order valence-electron chi connectivity index (χ0n) is 12.1. The first-order valence-corrected chi connectivity index (χ1v) is 7.64. The molecule has 5 heteroatoms. The van der Waals surface area contributed by atoms with E-state index in [9.17, 15) is 4.79 Å². The minimum atomic E-state index is 0.0674. The lowest BCUT2D eigenvalue weighted by Gasteiger charge is -2.29. The number of ether oxygens (including phenoxy) is 2. The number of carbonyl (C=O) groups excluding carboxylic acids is 1. The van der Waals surface area contributed by atoms with Crippen molar-refractivity contribution in [2.45, 2.75) is 32.2 Å². The van der Waals surface area contributed by atoms with Crippen LogP contribution in [0.15, 0.2) is 18.2 Å². The maximum Gasteiger partial charge on any atom is 0.231 e. The van der Waals surface area contributed by atoms with E-state index in [2.05, 4.69) is 5.32 Å². The molecule has 0 radical (unpaired) electrons. The zero-order chi connectivity index (χ0) is 14.7. The van der Waals surface area contributed by atoms with Gasteiger partial charge in [-0.25, -0.2) is 0 Å². The standard InChI is InChI=1S/C16H22N2O3/c17-8-12-3-1-2-4-13(12)16(19)18-9-11-5-6-14-15(7-11)21-10-20-14/h5-7,12-13H,1-4,8-10,17H2,(H,18,19). The second-order valence-corrected chi connectivity index (χ2v) is 5.79. The quantitative estimate of drug-likeness (QED) is 0.886. The topological polar surface area (TPSA) is 73.6 Å². The second-order valence-electron chi connectivity index (χ2n) is 5.79. The van der Waals surface area contributed by atoms with Gasteiger partial charge in [-0.05, 0) is 43.0 Å². The maximum absolute atomic E-state index is 12.4. The van der Waals surface area contributed by atoms with Crippen molar-refractivity contribution in [2.75, 3.05) is 13.3 Å². The van der Waals surface area contributed by atoms with Crippen LogP contribution in [0.5, 0.6) is 11.5 Å². The van der Waals surface area contributed by atoms with Crippen LogP contribution in [-0.4, -0.2) is 19.2 Å². The van der Waals surface area contributed by atoms with Gasteiger partial charge in [0, 0.05) is 12.5 Å². The predicted molar refractivity (Wildman–Crippen MR) is 78.9 cm³/mol.